The highest BCUT2D eigenvalue weighted by Crippen LogP contribution is 2.20. The molecular formula is C17H24N6O3S. The molecule has 1 saturated heterocycles. The second-order valence-electron chi connectivity index (χ2n) is 6.56. The van der Waals surface area contributed by atoms with Crippen LogP contribution in [0.5, 0.6) is 0 Å². The molecule has 0 radical (unpaired) electrons. The van der Waals surface area contributed by atoms with Crippen molar-refractivity contribution in [3.05, 3.63) is 36.5 Å². The molecule has 10 heteroatoms. The summed E-state index contributed by atoms with van der Waals surface area (Å²) in [4.78, 5) is 20.5. The van der Waals surface area contributed by atoms with E-state index in [9.17, 15) is 13.2 Å². The summed E-state index contributed by atoms with van der Waals surface area (Å²) in [5.41, 5.74) is 0. The van der Waals surface area contributed by atoms with Crippen LogP contribution in [0.15, 0.2) is 35.6 Å². The van der Waals surface area contributed by atoms with Crippen LogP contribution in [-0.4, -0.2) is 46.4 Å². The van der Waals surface area contributed by atoms with E-state index >= 15 is 0 Å². The smallest absolute Gasteiger partial charge is 0.320 e. The fraction of sp³-hybridized carbons (Fsp3) is 0.471. The molecule has 2 aromatic rings. The second-order valence-corrected chi connectivity index (χ2v) is 8.50. The van der Waals surface area contributed by atoms with Gasteiger partial charge in [0, 0.05) is 38.7 Å². The van der Waals surface area contributed by atoms with Crippen LogP contribution >= 0.6 is 0 Å². The molecule has 3 rings (SSSR count). The molecule has 1 fully saturated rings. The van der Waals surface area contributed by atoms with Gasteiger partial charge in [0.15, 0.2) is 0 Å². The first-order chi connectivity index (χ1) is 12.9. The second kappa shape index (κ2) is 8.05. The number of anilines is 1. The van der Waals surface area contributed by atoms with E-state index < -0.39 is 16.1 Å². The predicted octanol–water partition coefficient (Wildman–Crippen LogP) is 1.87. The van der Waals surface area contributed by atoms with Crippen molar-refractivity contribution < 1.29 is 13.2 Å². The number of carbonyl (C=O) groups excluding carboxylic acids is 1. The van der Waals surface area contributed by atoms with Crippen molar-refractivity contribution in [2.45, 2.75) is 37.1 Å². The Labute approximate surface area is 158 Å². The van der Waals surface area contributed by atoms with Crippen LogP contribution in [0.3, 0.4) is 0 Å². The van der Waals surface area contributed by atoms with Gasteiger partial charge in [0.05, 0.1) is 6.04 Å². The summed E-state index contributed by atoms with van der Waals surface area (Å²) in [5, 5.41) is 5.37. The number of amides is 2. The van der Waals surface area contributed by atoms with Gasteiger partial charge in [-0.3, -0.25) is 5.32 Å². The average Bonchev–Trinajstić information content (AvgIpc) is 3.09. The molecule has 1 aliphatic heterocycles. The average molecular weight is 392 g/mol. The number of piperidine rings is 1. The number of aromatic nitrogens is 3. The van der Waals surface area contributed by atoms with Gasteiger partial charge < -0.3 is 9.88 Å². The quantitative estimate of drug-likeness (QED) is 0.807. The van der Waals surface area contributed by atoms with Crippen molar-refractivity contribution >= 4 is 21.9 Å². The fourth-order valence-corrected chi connectivity index (χ4v) is 4.53. The monoisotopic (exact) mass is 392 g/mol. The largest absolute Gasteiger partial charge is 0.336 e. The molecule has 2 amide bonds. The number of rotatable bonds is 5. The number of pyridine rings is 1. The summed E-state index contributed by atoms with van der Waals surface area (Å²) in [7, 11) is -1.68. The Bertz CT molecular complexity index is 888. The van der Waals surface area contributed by atoms with Gasteiger partial charge in [0.25, 0.3) is 0 Å². The van der Waals surface area contributed by atoms with Gasteiger partial charge in [-0.15, -0.1) is 0 Å². The van der Waals surface area contributed by atoms with E-state index in [1.165, 1.54) is 22.6 Å². The number of aryl methyl sites for hydroxylation is 1. The van der Waals surface area contributed by atoms with E-state index in [0.717, 1.165) is 25.1 Å². The van der Waals surface area contributed by atoms with Crippen LogP contribution in [0.25, 0.3) is 0 Å². The lowest BCUT2D eigenvalue weighted by molar-refractivity contribution is 0.248. The first-order valence-electron chi connectivity index (χ1n) is 8.89. The number of nitrogens with one attached hydrogen (secondary N) is 2. The number of urea groups is 1. The highest BCUT2D eigenvalue weighted by atomic mass is 32.2. The third kappa shape index (κ3) is 4.45. The van der Waals surface area contributed by atoms with Gasteiger partial charge in [-0.05, 0) is 31.9 Å². The molecule has 0 aliphatic carbocycles. The van der Waals surface area contributed by atoms with E-state index in [1.54, 1.807) is 12.4 Å². The minimum atomic E-state index is -3.53. The van der Waals surface area contributed by atoms with Gasteiger partial charge >= 0.3 is 6.03 Å². The summed E-state index contributed by atoms with van der Waals surface area (Å²) in [6.07, 6.45) is 7.55. The number of nitrogens with zero attached hydrogens (tertiary/aromatic N) is 4. The fourth-order valence-electron chi connectivity index (χ4n) is 3.07. The molecule has 1 unspecified atom stereocenters. The highest BCUT2D eigenvalue weighted by molar-refractivity contribution is 7.89. The molecule has 146 valence electrons. The topological polar surface area (TPSA) is 109 Å². The molecule has 2 aromatic heterocycles. The maximum absolute atomic E-state index is 12.6. The lowest BCUT2D eigenvalue weighted by atomic mass is 10.2. The maximum Gasteiger partial charge on any atom is 0.320 e. The Morgan fingerprint density at radius 2 is 1.93 bits per heavy atom. The van der Waals surface area contributed by atoms with Crippen LogP contribution in [0.2, 0.25) is 0 Å². The van der Waals surface area contributed by atoms with E-state index in [1.807, 2.05) is 18.5 Å². The van der Waals surface area contributed by atoms with Gasteiger partial charge in [-0.2, -0.15) is 4.31 Å². The number of imidazole rings is 1. The molecule has 0 aromatic carbocycles. The van der Waals surface area contributed by atoms with Crippen LogP contribution in [0.1, 0.15) is 38.1 Å². The van der Waals surface area contributed by atoms with Gasteiger partial charge in [0.1, 0.15) is 16.5 Å². The van der Waals surface area contributed by atoms with Crippen molar-refractivity contribution in [3.8, 4) is 0 Å². The van der Waals surface area contributed by atoms with Gasteiger partial charge in [-0.25, -0.2) is 23.2 Å². The third-order valence-corrected chi connectivity index (χ3v) is 6.41. The standard InChI is InChI=1S/C17H24N6O3S/c1-13(16-18-8-11-22(16)2)20-17(24)21-15-7-6-14(12-19-15)27(25,26)23-9-4-3-5-10-23/h6-8,11-13H,3-5,9-10H2,1-2H3,(H2,19,20,21,24). The SMILES string of the molecule is CC(NC(=O)Nc1ccc(S(=O)(=O)N2CCCCC2)cn1)c1nccn1C. The number of hydrogen-bond donors (Lipinski definition) is 2. The first kappa shape index (κ1) is 19.3. The summed E-state index contributed by atoms with van der Waals surface area (Å²) >= 11 is 0. The molecule has 9 nitrogen and oxygen atoms in total. The van der Waals surface area contributed by atoms with Gasteiger partial charge in [-0.1, -0.05) is 6.42 Å². The summed E-state index contributed by atoms with van der Waals surface area (Å²) in [6, 6.07) is 2.23. The maximum atomic E-state index is 12.6. The van der Waals surface area contributed by atoms with Crippen molar-refractivity contribution in [2.24, 2.45) is 7.05 Å². The van der Waals surface area contributed by atoms with Crippen LogP contribution < -0.4 is 10.6 Å². The number of carbonyl (C=O) groups is 1. The third-order valence-electron chi connectivity index (χ3n) is 4.52. The number of hydrogen-bond acceptors (Lipinski definition) is 5. The molecule has 3 heterocycles. The Morgan fingerprint density at radius 3 is 2.52 bits per heavy atom. The first-order valence-corrected chi connectivity index (χ1v) is 10.3. The van der Waals surface area contributed by atoms with Crippen molar-refractivity contribution in [1.82, 2.24) is 24.2 Å². The molecule has 1 atom stereocenters. The minimum absolute atomic E-state index is 0.136. The van der Waals surface area contributed by atoms with Gasteiger partial charge in [0.2, 0.25) is 10.0 Å². The summed E-state index contributed by atoms with van der Waals surface area (Å²) < 4.78 is 28.5. The van der Waals surface area contributed by atoms with E-state index in [0.29, 0.717) is 13.1 Å². The molecule has 27 heavy (non-hydrogen) atoms. The highest BCUT2D eigenvalue weighted by Gasteiger charge is 2.26. The summed E-state index contributed by atoms with van der Waals surface area (Å²) in [5.74, 6) is 0.998. The predicted molar refractivity (Wildman–Crippen MR) is 101 cm³/mol. The Morgan fingerprint density at radius 1 is 1.19 bits per heavy atom. The number of sulfonamides is 1. The van der Waals surface area contributed by atoms with Crippen LogP contribution in [0, 0.1) is 0 Å². The van der Waals surface area contributed by atoms with E-state index in [-0.39, 0.29) is 16.8 Å². The normalized spacial score (nSPS) is 16.7. The van der Waals surface area contributed by atoms with E-state index in [2.05, 4.69) is 20.6 Å². The Balaban J connectivity index is 1.62. The minimum Gasteiger partial charge on any atom is -0.336 e. The molecule has 1 aliphatic rings. The zero-order valence-corrected chi connectivity index (χ0v) is 16.2. The summed E-state index contributed by atoms with van der Waals surface area (Å²) in [6.45, 7) is 2.90. The molecule has 0 saturated carbocycles. The van der Waals surface area contributed by atoms with Crippen LogP contribution in [0.4, 0.5) is 10.6 Å². The van der Waals surface area contributed by atoms with Crippen molar-refractivity contribution in [1.29, 1.82) is 0 Å². The molecule has 2 N–H and O–H groups in total. The molecule has 0 spiro atoms. The van der Waals surface area contributed by atoms with Crippen molar-refractivity contribution in [2.75, 3.05) is 18.4 Å². The van der Waals surface area contributed by atoms with Crippen LogP contribution in [-0.2, 0) is 17.1 Å². The van der Waals surface area contributed by atoms with Crippen molar-refractivity contribution in [3.63, 3.8) is 0 Å². The van der Waals surface area contributed by atoms with E-state index in [4.69, 9.17) is 0 Å². The Hall–Kier alpha value is -2.46. The zero-order valence-electron chi connectivity index (χ0n) is 15.4. The molecular weight excluding hydrogens is 368 g/mol. The lowest BCUT2D eigenvalue weighted by Gasteiger charge is -2.25. The lowest BCUT2D eigenvalue weighted by Crippen LogP contribution is -2.35. The Kier molecular flexibility index (Phi) is 5.76. The molecule has 0 bridgehead atoms. The zero-order chi connectivity index (χ0) is 19.4.